The highest BCUT2D eigenvalue weighted by Gasteiger charge is 2.53. The van der Waals surface area contributed by atoms with Crippen LogP contribution in [0.3, 0.4) is 0 Å². The van der Waals surface area contributed by atoms with Crippen LogP contribution in [0.4, 0.5) is 34.1 Å². The van der Waals surface area contributed by atoms with Crippen molar-refractivity contribution in [3.63, 3.8) is 0 Å². The Morgan fingerprint density at radius 2 is 0.594 bits per heavy atom. The van der Waals surface area contributed by atoms with E-state index in [0.29, 0.717) is 0 Å². The summed E-state index contributed by atoms with van der Waals surface area (Å²) in [7, 11) is 0. The van der Waals surface area contributed by atoms with Crippen LogP contribution in [-0.2, 0) is 21.7 Å². The van der Waals surface area contributed by atoms with E-state index in [-0.39, 0.29) is 23.0 Å². The number of rotatable bonds is 9. The summed E-state index contributed by atoms with van der Waals surface area (Å²) in [4.78, 5) is 5.47. The lowest BCUT2D eigenvalue weighted by Gasteiger charge is -2.46. The third-order valence-electron chi connectivity index (χ3n) is 23.3. The first-order chi connectivity index (χ1) is 51.5. The van der Waals surface area contributed by atoms with Crippen molar-refractivity contribution in [1.29, 1.82) is 0 Å². The van der Waals surface area contributed by atoms with Crippen molar-refractivity contribution < 1.29 is 0 Å². The van der Waals surface area contributed by atoms with Gasteiger partial charge in [-0.3, -0.25) is 0 Å². The highest BCUT2D eigenvalue weighted by atomic mass is 15.2. The molecule has 2 heterocycles. The van der Waals surface area contributed by atoms with Crippen LogP contribution in [-0.4, -0.2) is 6.71 Å². The fraction of sp³-hybridized carbons (Fsp3) is 0.126. The average Bonchev–Trinajstić information content (AvgIpc) is 1.44. The minimum Gasteiger partial charge on any atom is -0.310 e. The quantitative estimate of drug-likeness (QED) is 0.133. The number of hydrogen-bond donors (Lipinski definition) is 0. The molecule has 2 aliphatic heterocycles. The van der Waals surface area contributed by atoms with E-state index in [1.807, 2.05) is 0 Å². The standard InChI is InChI=1S/C103H83BN2/c1-100(2,3)75-54-56-92-91(65-75)104-90-55-53-71(78-46-31-49-84-83-45-27-30-52-89(83)103(96(78)84)87-50-28-25-43-81(87)82-44-26-29-51-88(82)103)61-93(90)106(99-85(69-39-21-13-22-40-69)59-73(66-33-15-10-16-34-66)60-86(99)70-41-23-14-24-42-70)95-63-74(72-57-76(101(4,5)6)64-77(58-72)102(7,8)9)62-94(97(95)104)105(92)98-79(67-35-17-11-18-36-67)47-32-48-80(98)68-37-19-12-20-38-68/h10-65H,1-9H3. The fourth-order valence-electron chi connectivity index (χ4n) is 18.2. The van der Waals surface area contributed by atoms with Crippen molar-refractivity contribution in [2.75, 3.05) is 9.80 Å². The van der Waals surface area contributed by atoms with Gasteiger partial charge in [0.05, 0.1) is 16.8 Å². The molecule has 0 N–H and O–H groups in total. The van der Waals surface area contributed by atoms with Crippen LogP contribution < -0.4 is 26.2 Å². The van der Waals surface area contributed by atoms with Gasteiger partial charge in [-0.05, 0) is 186 Å². The molecule has 0 saturated heterocycles. The van der Waals surface area contributed by atoms with Crippen molar-refractivity contribution in [2.24, 2.45) is 0 Å². The van der Waals surface area contributed by atoms with E-state index in [9.17, 15) is 0 Å². The first-order valence-electron chi connectivity index (χ1n) is 37.7. The van der Waals surface area contributed by atoms with Crippen LogP contribution in [0.25, 0.3) is 100 Å². The second-order valence-corrected chi connectivity index (χ2v) is 32.7. The monoisotopic (exact) mass is 1360 g/mol. The molecule has 3 heteroatoms. The smallest absolute Gasteiger partial charge is 0.252 e. The van der Waals surface area contributed by atoms with Crippen LogP contribution in [0, 0.1) is 0 Å². The average molecular weight is 1360 g/mol. The highest BCUT2D eigenvalue weighted by Crippen LogP contribution is 2.65. The highest BCUT2D eigenvalue weighted by molar-refractivity contribution is 7.00. The minimum atomic E-state index is -0.590. The molecule has 1 spiro atoms. The minimum absolute atomic E-state index is 0.157. The lowest BCUT2D eigenvalue weighted by molar-refractivity contribution is 0.569. The topological polar surface area (TPSA) is 6.48 Å². The maximum absolute atomic E-state index is 2.77. The molecule has 0 fully saturated rings. The molecule has 0 atom stereocenters. The molecular formula is C103H83BN2. The van der Waals surface area contributed by atoms with Gasteiger partial charge in [-0.25, -0.2) is 0 Å². The molecule has 0 radical (unpaired) electrons. The van der Waals surface area contributed by atoms with E-state index >= 15 is 0 Å². The van der Waals surface area contributed by atoms with Gasteiger partial charge in [-0.15, -0.1) is 0 Å². The summed E-state index contributed by atoms with van der Waals surface area (Å²) in [5, 5.41) is 0. The first kappa shape index (κ1) is 64.8. The van der Waals surface area contributed by atoms with Gasteiger partial charge in [0.25, 0.3) is 6.71 Å². The van der Waals surface area contributed by atoms with E-state index in [0.717, 1.165) is 101 Å². The largest absolute Gasteiger partial charge is 0.310 e. The molecular weight excluding hydrogens is 1280 g/mol. The number of fused-ring (bicyclic) bond motifs is 14. The Bertz CT molecular complexity index is 5800. The van der Waals surface area contributed by atoms with Crippen molar-refractivity contribution in [1.82, 2.24) is 0 Å². The number of benzene rings is 15. The van der Waals surface area contributed by atoms with E-state index in [4.69, 9.17) is 0 Å². The van der Waals surface area contributed by atoms with Crippen LogP contribution in [0.2, 0.25) is 0 Å². The first-order valence-corrected chi connectivity index (χ1v) is 37.7. The van der Waals surface area contributed by atoms with Gasteiger partial charge >= 0.3 is 0 Å². The molecule has 4 aliphatic rings. The molecule has 0 bridgehead atoms. The van der Waals surface area contributed by atoms with Crippen molar-refractivity contribution in [3.05, 3.63) is 379 Å². The summed E-state index contributed by atoms with van der Waals surface area (Å²) in [5.74, 6) is 0. The molecule has 0 amide bonds. The number of nitrogens with zero attached hydrogens (tertiary/aromatic N) is 2. The van der Waals surface area contributed by atoms with Gasteiger partial charge in [-0.2, -0.15) is 0 Å². The molecule has 0 unspecified atom stereocenters. The third-order valence-corrected chi connectivity index (χ3v) is 23.3. The third kappa shape index (κ3) is 10.2. The summed E-state index contributed by atoms with van der Waals surface area (Å²) in [5.41, 5.74) is 40.1. The molecule has 508 valence electrons. The van der Waals surface area contributed by atoms with Crippen LogP contribution in [0.15, 0.2) is 340 Å². The van der Waals surface area contributed by atoms with Crippen LogP contribution in [0.1, 0.15) is 101 Å². The molecule has 2 aliphatic carbocycles. The van der Waals surface area contributed by atoms with Gasteiger partial charge in [-0.1, -0.05) is 366 Å². The van der Waals surface area contributed by atoms with E-state index < -0.39 is 5.41 Å². The molecule has 2 nitrogen and oxygen atoms in total. The summed E-state index contributed by atoms with van der Waals surface area (Å²) in [6.07, 6.45) is 0. The predicted octanol–water partition coefficient (Wildman–Crippen LogP) is 25.7. The fourth-order valence-corrected chi connectivity index (χ4v) is 18.2. The van der Waals surface area contributed by atoms with Gasteiger partial charge in [0.15, 0.2) is 0 Å². The second-order valence-electron chi connectivity index (χ2n) is 32.7. The van der Waals surface area contributed by atoms with E-state index in [2.05, 4.69) is 412 Å². The summed E-state index contributed by atoms with van der Waals surface area (Å²) < 4.78 is 0. The Balaban J connectivity index is 1.01. The summed E-state index contributed by atoms with van der Waals surface area (Å²) in [6, 6.07) is 130. The van der Waals surface area contributed by atoms with Crippen LogP contribution in [0.5, 0.6) is 0 Å². The zero-order chi connectivity index (χ0) is 72.0. The predicted molar refractivity (Wildman–Crippen MR) is 451 cm³/mol. The van der Waals surface area contributed by atoms with Gasteiger partial charge in [0, 0.05) is 45.0 Å². The lowest BCUT2D eigenvalue weighted by atomic mass is 9.33. The Labute approximate surface area is 625 Å². The normalized spacial score (nSPS) is 13.5. The Morgan fingerprint density at radius 3 is 1.08 bits per heavy atom. The molecule has 15 aromatic rings. The molecule has 19 rings (SSSR count). The van der Waals surface area contributed by atoms with Crippen LogP contribution >= 0.6 is 0 Å². The maximum Gasteiger partial charge on any atom is 0.252 e. The van der Waals surface area contributed by atoms with Gasteiger partial charge in [0.1, 0.15) is 0 Å². The van der Waals surface area contributed by atoms with Crippen molar-refractivity contribution >= 4 is 57.2 Å². The Morgan fingerprint density at radius 1 is 0.226 bits per heavy atom. The van der Waals surface area contributed by atoms with Crippen molar-refractivity contribution in [2.45, 2.75) is 84.0 Å². The Hall–Kier alpha value is -12.0. The van der Waals surface area contributed by atoms with E-state index in [1.165, 1.54) is 88.7 Å². The molecule has 106 heavy (non-hydrogen) atoms. The lowest BCUT2D eigenvalue weighted by Crippen LogP contribution is -2.61. The SMILES string of the molecule is CC(C)(C)c1cc(-c2cc3c4c(c2)N(c2c(-c5ccccc5)cc(-c5ccccc5)cc2-c2ccccc2)c2cc(-c5cccc6c5C5(c7ccccc7-c7ccccc75)c5ccccc5-6)ccc2B4c2cc(C(C)(C)C)ccc2N3c2c(-c3ccccc3)cccc2-c2ccccc2)cc(C(C)(C)C)c1. The zero-order valence-electron chi connectivity index (χ0n) is 61.8. The summed E-state index contributed by atoms with van der Waals surface area (Å²) in [6.45, 7) is 21.1. The number of hydrogen-bond acceptors (Lipinski definition) is 2. The van der Waals surface area contributed by atoms with Gasteiger partial charge in [0.2, 0.25) is 0 Å². The number of para-hydroxylation sites is 1. The maximum atomic E-state index is 2.77. The second kappa shape index (κ2) is 24.5. The molecule has 0 aromatic heterocycles. The summed E-state index contributed by atoms with van der Waals surface area (Å²) >= 11 is 0. The Kier molecular flexibility index (Phi) is 15.0. The number of anilines is 6. The van der Waals surface area contributed by atoms with E-state index in [1.54, 1.807) is 0 Å². The van der Waals surface area contributed by atoms with Crippen molar-refractivity contribution in [3.8, 4) is 100 Å². The zero-order valence-corrected chi connectivity index (χ0v) is 61.8. The van der Waals surface area contributed by atoms with Gasteiger partial charge < -0.3 is 9.80 Å². The molecule has 15 aromatic carbocycles. The molecule has 0 saturated carbocycles.